The van der Waals surface area contributed by atoms with Gasteiger partial charge in [-0.05, 0) is 18.1 Å². The van der Waals surface area contributed by atoms with Crippen LogP contribution in [0.25, 0.3) is 0 Å². The number of nitrogens with one attached hydrogen (secondary N) is 1. The number of methoxy groups -OCH3 is 1. The van der Waals surface area contributed by atoms with Crippen molar-refractivity contribution in [2.45, 2.75) is 0 Å². The Labute approximate surface area is 92.0 Å². The Morgan fingerprint density at radius 3 is 2.69 bits per heavy atom. The molecule has 0 radical (unpaired) electrons. The molecule has 0 aromatic heterocycles. The number of carbonyl (C=O) groups is 2. The summed E-state index contributed by atoms with van der Waals surface area (Å²) in [4.78, 5) is 21.7. The average molecular weight is 219 g/mol. The number of carboxylic acid groups (broad SMARTS) is 1. The van der Waals surface area contributed by atoms with Crippen LogP contribution in [0.5, 0.6) is 5.75 Å². The van der Waals surface area contributed by atoms with Gasteiger partial charge in [0, 0.05) is 11.8 Å². The number of benzene rings is 1. The maximum absolute atomic E-state index is 10.9. The molecule has 82 valence electrons. The molecule has 0 fully saturated rings. The zero-order chi connectivity index (χ0) is 12.1. The zero-order valence-corrected chi connectivity index (χ0v) is 8.48. The van der Waals surface area contributed by atoms with Crippen molar-refractivity contribution in [2.75, 3.05) is 12.4 Å². The van der Waals surface area contributed by atoms with E-state index in [-0.39, 0.29) is 11.3 Å². The highest BCUT2D eigenvalue weighted by Crippen LogP contribution is 2.22. The molecule has 0 aliphatic carbocycles. The lowest BCUT2D eigenvalue weighted by molar-refractivity contribution is -0.111. The maximum atomic E-state index is 10.9. The topological polar surface area (TPSA) is 75.6 Å². The minimum atomic E-state index is -1.10. The minimum absolute atomic E-state index is 0.0150. The van der Waals surface area contributed by atoms with E-state index in [9.17, 15) is 9.59 Å². The van der Waals surface area contributed by atoms with Crippen LogP contribution in [0.2, 0.25) is 0 Å². The van der Waals surface area contributed by atoms with Gasteiger partial charge in [-0.15, -0.1) is 6.42 Å². The molecule has 2 N–H and O–H groups in total. The van der Waals surface area contributed by atoms with Gasteiger partial charge in [-0.1, -0.05) is 0 Å². The van der Waals surface area contributed by atoms with Crippen molar-refractivity contribution < 1.29 is 19.4 Å². The van der Waals surface area contributed by atoms with Crippen molar-refractivity contribution in [2.24, 2.45) is 0 Å². The number of hydrogen-bond acceptors (Lipinski definition) is 3. The van der Waals surface area contributed by atoms with Crippen molar-refractivity contribution in [3.8, 4) is 18.1 Å². The van der Waals surface area contributed by atoms with E-state index in [1.165, 1.54) is 25.3 Å². The predicted octanol–water partition coefficient (Wildman–Crippen LogP) is 0.965. The molecule has 0 bridgehead atoms. The van der Waals surface area contributed by atoms with Gasteiger partial charge in [-0.3, -0.25) is 4.79 Å². The third-order valence-corrected chi connectivity index (χ3v) is 1.82. The lowest BCUT2D eigenvalue weighted by Crippen LogP contribution is -2.09. The second-order valence-electron chi connectivity index (χ2n) is 2.82. The van der Waals surface area contributed by atoms with Crippen molar-refractivity contribution in [1.29, 1.82) is 0 Å². The van der Waals surface area contributed by atoms with Gasteiger partial charge in [-0.2, -0.15) is 0 Å². The second kappa shape index (κ2) is 4.84. The van der Waals surface area contributed by atoms with Gasteiger partial charge in [0.2, 0.25) is 0 Å². The van der Waals surface area contributed by atoms with E-state index in [0.717, 1.165) is 0 Å². The number of anilines is 1. The molecule has 5 heteroatoms. The molecule has 0 atom stereocenters. The molecule has 1 aromatic carbocycles. The Morgan fingerprint density at radius 2 is 2.19 bits per heavy atom. The van der Waals surface area contributed by atoms with Crippen molar-refractivity contribution in [3.63, 3.8) is 0 Å². The van der Waals surface area contributed by atoms with Gasteiger partial charge < -0.3 is 15.2 Å². The predicted molar refractivity (Wildman–Crippen MR) is 57.4 cm³/mol. The number of hydrogen-bond donors (Lipinski definition) is 2. The zero-order valence-electron chi connectivity index (χ0n) is 8.48. The van der Waals surface area contributed by atoms with Crippen LogP contribution in [0.15, 0.2) is 18.2 Å². The molecule has 0 aliphatic heterocycles. The summed E-state index contributed by atoms with van der Waals surface area (Å²) in [7, 11) is 1.34. The molecule has 0 saturated carbocycles. The number of aromatic carboxylic acids is 1. The number of terminal acetylenes is 1. The molecular formula is C11H9NO4. The molecule has 1 aromatic rings. The molecule has 0 spiro atoms. The quantitative estimate of drug-likeness (QED) is 0.742. The first kappa shape index (κ1) is 11.6. The molecule has 0 unspecified atom stereocenters. The SMILES string of the molecule is C#CC(=O)Nc1ccc(C(=O)O)c(OC)c1. The lowest BCUT2D eigenvalue weighted by atomic mass is 10.2. The van der Waals surface area contributed by atoms with E-state index in [4.69, 9.17) is 16.3 Å². The first-order chi connectivity index (χ1) is 7.58. The fraction of sp³-hybridized carbons (Fsp3) is 0.0909. The highest BCUT2D eigenvalue weighted by molar-refractivity contribution is 6.04. The van der Waals surface area contributed by atoms with E-state index >= 15 is 0 Å². The first-order valence-electron chi connectivity index (χ1n) is 4.27. The molecule has 0 heterocycles. The summed E-state index contributed by atoms with van der Waals surface area (Å²) in [6.07, 6.45) is 4.88. The van der Waals surface area contributed by atoms with Crippen LogP contribution in [-0.2, 0) is 4.79 Å². The van der Waals surface area contributed by atoms with Crippen LogP contribution in [-0.4, -0.2) is 24.1 Å². The van der Waals surface area contributed by atoms with Crippen LogP contribution in [0.3, 0.4) is 0 Å². The lowest BCUT2D eigenvalue weighted by Gasteiger charge is -2.07. The molecule has 5 nitrogen and oxygen atoms in total. The summed E-state index contributed by atoms with van der Waals surface area (Å²) < 4.78 is 4.88. The Morgan fingerprint density at radius 1 is 1.50 bits per heavy atom. The summed E-state index contributed by atoms with van der Waals surface area (Å²) in [5.74, 6) is 0.325. The monoisotopic (exact) mass is 219 g/mol. The van der Waals surface area contributed by atoms with E-state index < -0.39 is 11.9 Å². The first-order valence-corrected chi connectivity index (χ1v) is 4.27. The van der Waals surface area contributed by atoms with Gasteiger partial charge in [0.15, 0.2) is 0 Å². The van der Waals surface area contributed by atoms with Gasteiger partial charge in [0.25, 0.3) is 5.91 Å². The number of rotatable bonds is 3. The smallest absolute Gasteiger partial charge is 0.339 e. The third kappa shape index (κ3) is 2.51. The Bertz CT molecular complexity index is 473. The number of ether oxygens (including phenoxy) is 1. The minimum Gasteiger partial charge on any atom is -0.496 e. The van der Waals surface area contributed by atoms with Crippen molar-refractivity contribution in [3.05, 3.63) is 23.8 Å². The summed E-state index contributed by atoms with van der Waals surface area (Å²) in [5.41, 5.74) is 0.394. The van der Waals surface area contributed by atoms with E-state index in [1.54, 1.807) is 0 Å². The molecule has 1 amide bonds. The molecular weight excluding hydrogens is 210 g/mol. The van der Waals surface area contributed by atoms with Gasteiger partial charge in [0.1, 0.15) is 11.3 Å². The van der Waals surface area contributed by atoms with Crippen LogP contribution in [0.1, 0.15) is 10.4 Å². The summed E-state index contributed by atoms with van der Waals surface area (Å²) in [5, 5.41) is 11.2. The Hall–Kier alpha value is -2.48. The third-order valence-electron chi connectivity index (χ3n) is 1.82. The Balaban J connectivity index is 3.05. The number of carbonyl (C=O) groups excluding carboxylic acids is 1. The van der Waals surface area contributed by atoms with Crippen LogP contribution < -0.4 is 10.1 Å². The van der Waals surface area contributed by atoms with Gasteiger partial charge in [-0.25, -0.2) is 4.79 Å². The average Bonchev–Trinajstić information content (AvgIpc) is 2.28. The second-order valence-corrected chi connectivity index (χ2v) is 2.82. The summed E-state index contributed by atoms with van der Waals surface area (Å²) >= 11 is 0. The van der Waals surface area contributed by atoms with E-state index in [2.05, 4.69) is 5.32 Å². The highest BCUT2D eigenvalue weighted by Gasteiger charge is 2.11. The van der Waals surface area contributed by atoms with Crippen molar-refractivity contribution in [1.82, 2.24) is 0 Å². The van der Waals surface area contributed by atoms with Crippen molar-refractivity contribution >= 4 is 17.6 Å². The van der Waals surface area contributed by atoms with Gasteiger partial charge in [0.05, 0.1) is 7.11 Å². The van der Waals surface area contributed by atoms with Crippen LogP contribution >= 0.6 is 0 Å². The summed E-state index contributed by atoms with van der Waals surface area (Å²) in [6, 6.07) is 4.15. The van der Waals surface area contributed by atoms with Crippen LogP contribution in [0, 0.1) is 12.3 Å². The van der Waals surface area contributed by atoms with E-state index in [0.29, 0.717) is 5.69 Å². The van der Waals surface area contributed by atoms with Gasteiger partial charge >= 0.3 is 5.97 Å². The molecule has 0 aliphatic rings. The standard InChI is InChI=1S/C11H9NO4/c1-3-10(13)12-7-4-5-8(11(14)15)9(6-7)16-2/h1,4-6H,2H3,(H,12,13)(H,14,15). The fourth-order valence-electron chi connectivity index (χ4n) is 1.11. The molecule has 0 saturated heterocycles. The highest BCUT2D eigenvalue weighted by atomic mass is 16.5. The van der Waals surface area contributed by atoms with Crippen LogP contribution in [0.4, 0.5) is 5.69 Å². The number of carboxylic acids is 1. The normalized spacial score (nSPS) is 9.00. The van der Waals surface area contributed by atoms with E-state index in [1.807, 2.05) is 5.92 Å². The number of amides is 1. The molecule has 16 heavy (non-hydrogen) atoms. The molecule has 1 rings (SSSR count). The fourth-order valence-corrected chi connectivity index (χ4v) is 1.11. The maximum Gasteiger partial charge on any atom is 0.339 e. The largest absolute Gasteiger partial charge is 0.496 e. The Kier molecular flexibility index (Phi) is 3.51. The summed E-state index contributed by atoms with van der Waals surface area (Å²) in [6.45, 7) is 0.